The van der Waals surface area contributed by atoms with E-state index >= 15 is 0 Å². The summed E-state index contributed by atoms with van der Waals surface area (Å²) in [5.41, 5.74) is 0. The molecule has 7 heteroatoms. The molecule has 17 heavy (non-hydrogen) atoms. The number of halogens is 6. The van der Waals surface area contributed by atoms with Crippen molar-refractivity contribution in [1.82, 2.24) is 0 Å². The van der Waals surface area contributed by atoms with E-state index in [0.717, 1.165) is 6.07 Å². The molecular formula is C10H6ClF5S. The molecule has 0 atom stereocenters. The lowest BCUT2D eigenvalue weighted by atomic mass is 10.1. The van der Waals surface area contributed by atoms with Crippen molar-refractivity contribution in [1.29, 1.82) is 0 Å². The van der Waals surface area contributed by atoms with Crippen LogP contribution in [-0.4, -0.2) is 0 Å². The summed E-state index contributed by atoms with van der Waals surface area (Å²) in [5, 5.41) is -0.536. The maximum absolute atomic E-state index is 12.7. The smallest absolute Gasteiger partial charge is 0.0936 e. The summed E-state index contributed by atoms with van der Waals surface area (Å²) in [4.78, 5) is -2.04. The Morgan fingerprint density at radius 2 is 1.29 bits per heavy atom. The van der Waals surface area contributed by atoms with Crippen LogP contribution in [0.2, 0.25) is 5.02 Å². The number of rotatable bonds is 1. The summed E-state index contributed by atoms with van der Waals surface area (Å²) in [6, 6.07) is 7.14. The topological polar surface area (TPSA) is 0 Å². The van der Waals surface area contributed by atoms with E-state index in [1.807, 2.05) is 0 Å². The van der Waals surface area contributed by atoms with E-state index in [2.05, 4.69) is 0 Å². The van der Waals surface area contributed by atoms with Gasteiger partial charge in [0.2, 0.25) is 0 Å². The molecule has 0 bridgehead atoms. The first-order chi connectivity index (χ1) is 7.47. The van der Waals surface area contributed by atoms with Crippen LogP contribution in [-0.2, 0) is 0 Å². The minimum absolute atomic E-state index is 0.0696. The van der Waals surface area contributed by atoms with Crippen LogP contribution in [0, 0.1) is 0 Å². The molecule has 0 heterocycles. The molecule has 94 valence electrons. The van der Waals surface area contributed by atoms with Crippen LogP contribution in [0.15, 0.2) is 41.3 Å². The third-order valence-electron chi connectivity index (χ3n) is 2.22. The summed E-state index contributed by atoms with van der Waals surface area (Å²) < 4.78 is 63.3. The van der Waals surface area contributed by atoms with E-state index in [0.29, 0.717) is 11.5 Å². The molecule has 0 aromatic heterocycles. The van der Waals surface area contributed by atoms with E-state index in [4.69, 9.17) is 11.6 Å². The van der Waals surface area contributed by atoms with E-state index < -0.39 is 20.1 Å². The zero-order chi connectivity index (χ0) is 13.0. The van der Waals surface area contributed by atoms with Gasteiger partial charge in [0.05, 0.1) is 5.02 Å². The molecule has 0 fully saturated rings. The van der Waals surface area contributed by atoms with Gasteiger partial charge in [-0.25, -0.2) is 0 Å². The second-order valence-corrected chi connectivity index (χ2v) is 6.38. The van der Waals surface area contributed by atoms with Gasteiger partial charge in [-0.15, -0.1) is 0 Å². The molecule has 0 aliphatic carbocycles. The van der Waals surface area contributed by atoms with E-state index in [1.165, 1.54) is 18.2 Å². The van der Waals surface area contributed by atoms with E-state index in [1.54, 1.807) is 6.07 Å². The Morgan fingerprint density at radius 1 is 0.824 bits per heavy atom. The molecular weight excluding hydrogens is 283 g/mol. The lowest BCUT2D eigenvalue weighted by Gasteiger charge is -2.41. The van der Waals surface area contributed by atoms with Crippen LogP contribution in [0.4, 0.5) is 19.4 Å². The van der Waals surface area contributed by atoms with Gasteiger partial charge in [-0.2, -0.15) is 0 Å². The fourth-order valence-corrected chi connectivity index (χ4v) is 2.87. The summed E-state index contributed by atoms with van der Waals surface area (Å²) in [5.74, 6) is 0. The zero-order valence-electron chi connectivity index (χ0n) is 8.14. The Kier molecular flexibility index (Phi) is 2.10. The van der Waals surface area contributed by atoms with Crippen molar-refractivity contribution in [3.63, 3.8) is 0 Å². The average molecular weight is 289 g/mol. The van der Waals surface area contributed by atoms with Crippen LogP contribution >= 0.6 is 21.8 Å². The predicted molar refractivity (Wildman–Crippen MR) is 60.4 cm³/mol. The molecule has 2 aromatic rings. The average Bonchev–Trinajstić information content (AvgIpc) is 2.12. The molecule has 0 unspecified atom stereocenters. The van der Waals surface area contributed by atoms with Gasteiger partial charge in [0, 0.05) is 0 Å². The molecule has 0 aliphatic heterocycles. The van der Waals surface area contributed by atoms with Gasteiger partial charge in [0.25, 0.3) is 0 Å². The Bertz CT molecular complexity index is 605. The van der Waals surface area contributed by atoms with Crippen molar-refractivity contribution in [2.75, 3.05) is 0 Å². The van der Waals surface area contributed by atoms with Gasteiger partial charge in [-0.1, -0.05) is 55.3 Å². The largest absolute Gasteiger partial charge is 0.311 e. The molecule has 0 saturated carbocycles. The van der Waals surface area contributed by atoms with Gasteiger partial charge in [0.15, 0.2) is 0 Å². The SMILES string of the molecule is FS(F)(F)(F)(F)c1cc2ccccc2cc1Cl. The van der Waals surface area contributed by atoms with Crippen molar-refractivity contribution in [3.8, 4) is 0 Å². The zero-order valence-corrected chi connectivity index (χ0v) is 9.71. The van der Waals surface area contributed by atoms with Gasteiger partial charge in [-0.3, -0.25) is 0 Å². The molecule has 0 saturated heterocycles. The first-order valence-corrected chi connectivity index (χ1v) is 6.73. The monoisotopic (exact) mass is 288 g/mol. The highest BCUT2D eigenvalue weighted by Gasteiger charge is 2.66. The Morgan fingerprint density at radius 3 is 1.76 bits per heavy atom. The van der Waals surface area contributed by atoms with Crippen LogP contribution in [0.3, 0.4) is 0 Å². The summed E-state index contributed by atoms with van der Waals surface area (Å²) in [6.45, 7) is 0. The molecule has 0 aliphatic rings. The summed E-state index contributed by atoms with van der Waals surface area (Å²) >= 11 is 5.30. The van der Waals surface area contributed by atoms with Gasteiger partial charge < -0.3 is 0 Å². The quantitative estimate of drug-likeness (QED) is 0.552. The number of benzene rings is 2. The fourth-order valence-electron chi connectivity index (χ4n) is 1.49. The van der Waals surface area contributed by atoms with E-state index in [9.17, 15) is 19.4 Å². The maximum Gasteiger partial charge on any atom is 0.311 e. The van der Waals surface area contributed by atoms with Crippen molar-refractivity contribution in [2.45, 2.75) is 4.90 Å². The Balaban J connectivity index is 2.86. The molecule has 0 amide bonds. The number of hydrogen-bond donors (Lipinski definition) is 0. The van der Waals surface area contributed by atoms with Crippen LogP contribution in [0.25, 0.3) is 10.8 Å². The number of fused-ring (bicyclic) bond motifs is 1. The third-order valence-corrected chi connectivity index (χ3v) is 3.81. The minimum atomic E-state index is -9.74. The highest BCUT2D eigenvalue weighted by atomic mass is 35.5. The van der Waals surface area contributed by atoms with Crippen molar-refractivity contribution in [3.05, 3.63) is 41.4 Å². The standard InChI is InChI=1S/C10H6ClF5S/c11-9-5-7-3-1-2-4-8(7)6-10(9)17(12,13,14,15)16/h1-6H. The molecule has 2 rings (SSSR count). The van der Waals surface area contributed by atoms with Crippen LogP contribution in [0.5, 0.6) is 0 Å². The molecule has 0 N–H and O–H groups in total. The molecule has 0 spiro atoms. The first-order valence-electron chi connectivity index (χ1n) is 4.40. The van der Waals surface area contributed by atoms with Crippen LogP contribution in [0.1, 0.15) is 0 Å². The molecule has 0 nitrogen and oxygen atoms in total. The fraction of sp³-hybridized carbons (Fsp3) is 0. The molecule has 0 radical (unpaired) electrons. The summed E-state index contributed by atoms with van der Waals surface area (Å²) in [6.07, 6.45) is 0. The van der Waals surface area contributed by atoms with Gasteiger partial charge >= 0.3 is 10.2 Å². The second kappa shape index (κ2) is 2.87. The molecule has 2 aromatic carbocycles. The minimum Gasteiger partial charge on any atom is -0.0936 e. The maximum atomic E-state index is 12.7. The highest BCUT2D eigenvalue weighted by Crippen LogP contribution is 3.02. The normalized spacial score (nSPS) is 16.6. The van der Waals surface area contributed by atoms with Gasteiger partial charge in [-0.05, 0) is 22.9 Å². The predicted octanol–water partition coefficient (Wildman–Crippen LogP) is 6.15. The van der Waals surface area contributed by atoms with Crippen molar-refractivity contribution in [2.24, 2.45) is 0 Å². The lowest BCUT2D eigenvalue weighted by Crippen LogP contribution is -2.06. The highest BCUT2D eigenvalue weighted by molar-refractivity contribution is 8.45. The first kappa shape index (κ1) is 12.4. The Labute approximate surface area is 98.7 Å². The van der Waals surface area contributed by atoms with Crippen molar-refractivity contribution >= 4 is 32.6 Å². The van der Waals surface area contributed by atoms with Crippen LogP contribution < -0.4 is 0 Å². The Hall–Kier alpha value is -1.01. The van der Waals surface area contributed by atoms with E-state index in [-0.39, 0.29) is 5.39 Å². The third kappa shape index (κ3) is 2.47. The van der Waals surface area contributed by atoms with Gasteiger partial charge in [0.1, 0.15) is 4.90 Å². The van der Waals surface area contributed by atoms with Crippen molar-refractivity contribution < 1.29 is 19.4 Å². The lowest BCUT2D eigenvalue weighted by molar-refractivity contribution is 0.364. The second-order valence-electron chi connectivity index (χ2n) is 3.60. The summed E-state index contributed by atoms with van der Waals surface area (Å²) in [7, 11) is -9.74. The number of hydrogen-bond acceptors (Lipinski definition) is 0.